The summed E-state index contributed by atoms with van der Waals surface area (Å²) in [5, 5.41) is 0. The fourth-order valence-electron chi connectivity index (χ4n) is 5.16. The minimum atomic E-state index is -1.64. The van der Waals surface area contributed by atoms with Gasteiger partial charge in [-0.05, 0) is 0 Å². The summed E-state index contributed by atoms with van der Waals surface area (Å²) in [7, 11) is 0. The van der Waals surface area contributed by atoms with Gasteiger partial charge in [-0.2, -0.15) is 0 Å². The van der Waals surface area contributed by atoms with Gasteiger partial charge in [0.2, 0.25) is 0 Å². The molecule has 134 valence electrons. The fraction of sp³-hybridized carbons (Fsp3) is 0.727. The molecule has 0 saturated heterocycles. The van der Waals surface area contributed by atoms with E-state index in [9.17, 15) is 0 Å². The third kappa shape index (κ3) is 3.57. The summed E-state index contributed by atoms with van der Waals surface area (Å²) < 4.78 is 8.03. The second-order valence-corrected chi connectivity index (χ2v) is 19.1. The Bertz CT molecular complexity index is 525. The third-order valence-corrected chi connectivity index (χ3v) is 13.7. The molecule has 4 atom stereocenters. The van der Waals surface area contributed by atoms with Crippen molar-refractivity contribution in [3.63, 3.8) is 0 Å². The number of aryl methyl sites for hydroxylation is 1. The topological polar surface area (TPSA) is 3.24 Å². The van der Waals surface area contributed by atoms with Crippen LogP contribution in [0, 0.1) is 23.7 Å². The van der Waals surface area contributed by atoms with Gasteiger partial charge in [0, 0.05) is 0 Å². The Balaban J connectivity index is 0.00000100. The van der Waals surface area contributed by atoms with Gasteiger partial charge in [-0.25, -0.2) is 0 Å². The Morgan fingerprint density at radius 2 is 1.50 bits per heavy atom. The van der Waals surface area contributed by atoms with Crippen molar-refractivity contribution in [2.75, 3.05) is 9.25 Å². The van der Waals surface area contributed by atoms with Crippen LogP contribution in [0.5, 0.6) is 0 Å². The van der Waals surface area contributed by atoms with Crippen LogP contribution in [-0.4, -0.2) is 29.5 Å². The van der Waals surface area contributed by atoms with E-state index in [4.69, 9.17) is 0 Å². The first-order valence-corrected chi connectivity index (χ1v) is 21.3. The van der Waals surface area contributed by atoms with Crippen LogP contribution in [0.3, 0.4) is 0 Å². The van der Waals surface area contributed by atoms with Gasteiger partial charge in [-0.1, -0.05) is 13.8 Å². The Hall–Kier alpha value is -0.0579. The number of fused-ring (bicyclic) bond motifs is 1. The van der Waals surface area contributed by atoms with Crippen molar-refractivity contribution in [2.45, 2.75) is 69.3 Å². The van der Waals surface area contributed by atoms with Gasteiger partial charge in [0.05, 0.1) is 0 Å². The van der Waals surface area contributed by atoms with Crippen LogP contribution in [0.25, 0.3) is 0 Å². The predicted octanol–water partition coefficient (Wildman–Crippen LogP) is 6.36. The number of anilines is 1. The van der Waals surface area contributed by atoms with Gasteiger partial charge in [0.15, 0.2) is 0 Å². The molecule has 1 nitrogen and oxygen atoms in total. The Labute approximate surface area is 159 Å². The van der Waals surface area contributed by atoms with Crippen molar-refractivity contribution in [2.24, 2.45) is 23.7 Å². The van der Waals surface area contributed by atoms with E-state index in [0.717, 1.165) is 29.6 Å². The average Bonchev–Trinajstić information content (AvgIpc) is 2.79. The molecule has 1 aromatic rings. The molecule has 3 rings (SSSR count). The SMILES string of the molecule is CC.CC1C(C)C(C)C(c2cccc3c2[N]([Tl]([CH3])[CH3])CCC3)C1C. The van der Waals surface area contributed by atoms with Crippen molar-refractivity contribution >= 4 is 28.7 Å². The number of rotatable bonds is 2. The van der Waals surface area contributed by atoms with Crippen molar-refractivity contribution in [1.82, 2.24) is 0 Å². The number of para-hydroxylation sites is 1. The van der Waals surface area contributed by atoms with Crippen molar-refractivity contribution < 1.29 is 0 Å². The first-order valence-electron chi connectivity index (χ1n) is 10.3. The summed E-state index contributed by atoms with van der Waals surface area (Å²) in [6, 6.07) is 7.20. The molecule has 0 bridgehead atoms. The molecule has 1 saturated carbocycles. The maximum absolute atomic E-state index is 2.89. The van der Waals surface area contributed by atoms with Crippen LogP contribution in [0.1, 0.15) is 65.0 Å². The van der Waals surface area contributed by atoms with E-state index in [2.05, 4.69) is 57.6 Å². The van der Waals surface area contributed by atoms with Crippen LogP contribution in [0.2, 0.25) is 8.97 Å². The molecular weight excluding hydrogens is 483 g/mol. The van der Waals surface area contributed by atoms with Gasteiger partial charge in [-0.3, -0.25) is 0 Å². The van der Waals surface area contributed by atoms with Crippen LogP contribution >= 0.6 is 0 Å². The fourth-order valence-corrected chi connectivity index (χ4v) is 11.1. The summed E-state index contributed by atoms with van der Waals surface area (Å²) in [5.74, 6) is 4.06. The zero-order valence-electron chi connectivity index (χ0n) is 17.3. The predicted molar refractivity (Wildman–Crippen MR) is 110 cm³/mol. The van der Waals surface area contributed by atoms with E-state index >= 15 is 0 Å². The second kappa shape index (κ2) is 8.55. The van der Waals surface area contributed by atoms with Gasteiger partial charge in [0.1, 0.15) is 0 Å². The summed E-state index contributed by atoms with van der Waals surface area (Å²) in [5.41, 5.74) is 5.03. The zero-order chi connectivity index (χ0) is 18.0. The Morgan fingerprint density at radius 1 is 0.917 bits per heavy atom. The zero-order valence-corrected chi connectivity index (χ0v) is 21.8. The monoisotopic (exact) mass is 521 g/mol. The summed E-state index contributed by atoms with van der Waals surface area (Å²) in [6.45, 7) is 15.3. The summed E-state index contributed by atoms with van der Waals surface area (Å²) in [6.07, 6.45) is 2.65. The number of hydrogen-bond acceptors (Lipinski definition) is 1. The Morgan fingerprint density at radius 3 is 2.04 bits per heavy atom. The molecule has 1 heterocycles. The average molecular weight is 521 g/mol. The first-order chi connectivity index (χ1) is 11.4. The van der Waals surface area contributed by atoms with E-state index < -0.39 is 23.0 Å². The molecule has 0 spiro atoms. The molecular formula is C22H38NTl. The van der Waals surface area contributed by atoms with Crippen LogP contribution in [0.4, 0.5) is 5.69 Å². The molecule has 2 aliphatic rings. The van der Waals surface area contributed by atoms with Gasteiger partial charge in [-0.15, -0.1) is 0 Å². The first kappa shape index (κ1) is 20.3. The van der Waals surface area contributed by atoms with Crippen molar-refractivity contribution in [3.8, 4) is 0 Å². The molecule has 2 heteroatoms. The quantitative estimate of drug-likeness (QED) is 0.410. The molecule has 1 fully saturated rings. The maximum atomic E-state index is 2.89. The second-order valence-electron chi connectivity index (χ2n) is 8.21. The normalized spacial score (nSPS) is 32.0. The molecule has 0 radical (unpaired) electrons. The van der Waals surface area contributed by atoms with Crippen LogP contribution in [-0.2, 0) is 6.42 Å². The van der Waals surface area contributed by atoms with Gasteiger partial charge >= 0.3 is 146 Å². The summed E-state index contributed by atoms with van der Waals surface area (Å²) in [4.78, 5) is 0. The standard InChI is InChI=1S/C18H26N.C2H6.2CH3.Tl/c1-11-12(2)14(4)17(13(11)3)16-9-5-7-15-8-6-10-19-18(15)16;1-2;;;/h5,7,9,11-14,17H,6,8,10H2,1-4H3;1-2H3;2*1H3;/q-1;;;;+1. The number of nitrogens with zero attached hydrogens (tertiary/aromatic N) is 1. The third-order valence-electron chi connectivity index (χ3n) is 6.89. The van der Waals surface area contributed by atoms with Gasteiger partial charge < -0.3 is 0 Å². The van der Waals surface area contributed by atoms with Crippen molar-refractivity contribution in [1.29, 1.82) is 0 Å². The molecule has 1 aliphatic carbocycles. The van der Waals surface area contributed by atoms with E-state index in [0.29, 0.717) is 0 Å². The minimum absolute atomic E-state index is 0.757. The summed E-state index contributed by atoms with van der Waals surface area (Å²) >= 11 is -1.64. The van der Waals surface area contributed by atoms with Crippen LogP contribution in [0.15, 0.2) is 18.2 Å². The van der Waals surface area contributed by atoms with Gasteiger partial charge in [0.25, 0.3) is 0 Å². The van der Waals surface area contributed by atoms with Crippen molar-refractivity contribution in [3.05, 3.63) is 29.3 Å². The van der Waals surface area contributed by atoms with E-state index in [1.165, 1.54) is 19.4 Å². The van der Waals surface area contributed by atoms with E-state index in [-0.39, 0.29) is 0 Å². The number of benzene rings is 1. The molecule has 4 unspecified atom stereocenters. The van der Waals surface area contributed by atoms with E-state index in [1.54, 1.807) is 16.8 Å². The molecule has 0 amide bonds. The van der Waals surface area contributed by atoms with Crippen LogP contribution < -0.4 is 2.71 Å². The molecule has 24 heavy (non-hydrogen) atoms. The molecule has 1 aromatic carbocycles. The molecule has 1 aliphatic heterocycles. The van der Waals surface area contributed by atoms with E-state index in [1.807, 2.05) is 13.8 Å². The molecule has 0 aromatic heterocycles. The Kier molecular flexibility index (Phi) is 7.22. The molecule has 0 N–H and O–H groups in total. The number of hydrogen-bond donors (Lipinski definition) is 0.